The van der Waals surface area contributed by atoms with E-state index in [1.165, 1.54) is 0 Å². The Kier molecular flexibility index (Phi) is 8.12. The maximum absolute atomic E-state index is 5.73. The van der Waals surface area contributed by atoms with Gasteiger partial charge in [-0.1, -0.05) is 64.1 Å². The quantitative estimate of drug-likeness (QED) is 0.722. The molecule has 2 rings (SSSR count). The predicted molar refractivity (Wildman–Crippen MR) is 83.4 cm³/mol. The van der Waals surface area contributed by atoms with Crippen molar-refractivity contribution >= 4 is 11.4 Å². The summed E-state index contributed by atoms with van der Waals surface area (Å²) in [5, 5.41) is 0. The van der Waals surface area contributed by atoms with Crippen molar-refractivity contribution < 1.29 is 0 Å². The standard InChI is InChI=1S/C12H12N2.2C2H6/c13-11-7-6-10(8-12(11)14)9-4-2-1-3-5-9;2*1-2/h1-8H,13-14H2;2*1-2H3. The number of hydrogen-bond acceptors (Lipinski definition) is 2. The molecule has 0 fully saturated rings. The molecule has 0 saturated carbocycles. The van der Waals surface area contributed by atoms with Crippen LogP contribution in [0.25, 0.3) is 11.1 Å². The fraction of sp³-hybridized carbons (Fsp3) is 0.250. The lowest BCUT2D eigenvalue weighted by atomic mass is 10.0. The Morgan fingerprint density at radius 1 is 0.611 bits per heavy atom. The maximum Gasteiger partial charge on any atom is 0.0554 e. The second-order valence-corrected chi connectivity index (χ2v) is 3.21. The first kappa shape index (κ1) is 16.0. The van der Waals surface area contributed by atoms with E-state index in [1.807, 2.05) is 76.2 Å². The molecule has 0 saturated heterocycles. The van der Waals surface area contributed by atoms with Crippen LogP contribution in [0.2, 0.25) is 0 Å². The average Bonchev–Trinajstić information content (AvgIpc) is 2.47. The summed E-state index contributed by atoms with van der Waals surface area (Å²) >= 11 is 0. The molecule has 2 aromatic rings. The van der Waals surface area contributed by atoms with Gasteiger partial charge in [0, 0.05) is 0 Å². The zero-order valence-electron chi connectivity index (χ0n) is 11.8. The number of rotatable bonds is 1. The molecule has 0 unspecified atom stereocenters. The summed E-state index contributed by atoms with van der Waals surface area (Å²) in [5.41, 5.74) is 14.9. The first-order chi connectivity index (χ1) is 8.77. The van der Waals surface area contributed by atoms with Gasteiger partial charge in [0.15, 0.2) is 0 Å². The highest BCUT2D eigenvalue weighted by Gasteiger charge is 1.98. The molecule has 4 N–H and O–H groups in total. The lowest BCUT2D eigenvalue weighted by Gasteiger charge is -2.04. The Hall–Kier alpha value is -1.96. The number of anilines is 2. The van der Waals surface area contributed by atoms with Crippen LogP contribution in [0, 0.1) is 0 Å². The van der Waals surface area contributed by atoms with Crippen LogP contribution in [0.3, 0.4) is 0 Å². The van der Waals surface area contributed by atoms with Gasteiger partial charge >= 0.3 is 0 Å². The first-order valence-corrected chi connectivity index (χ1v) is 6.48. The number of nitrogens with two attached hydrogens (primary N) is 2. The molecule has 98 valence electrons. The van der Waals surface area contributed by atoms with Gasteiger partial charge in [-0.05, 0) is 23.3 Å². The fourth-order valence-corrected chi connectivity index (χ4v) is 1.38. The fourth-order valence-electron chi connectivity index (χ4n) is 1.38. The van der Waals surface area contributed by atoms with Gasteiger partial charge in [0.05, 0.1) is 11.4 Å². The molecular formula is C16H24N2. The monoisotopic (exact) mass is 244 g/mol. The summed E-state index contributed by atoms with van der Waals surface area (Å²) in [5.74, 6) is 0. The molecule has 0 bridgehead atoms. The second-order valence-electron chi connectivity index (χ2n) is 3.21. The highest BCUT2D eigenvalue weighted by atomic mass is 14.7. The minimum Gasteiger partial charge on any atom is -0.397 e. The number of benzene rings is 2. The number of hydrogen-bond donors (Lipinski definition) is 2. The van der Waals surface area contributed by atoms with Crippen molar-refractivity contribution in [3.63, 3.8) is 0 Å². The van der Waals surface area contributed by atoms with Gasteiger partial charge in [0.2, 0.25) is 0 Å². The Morgan fingerprint density at radius 2 is 1.17 bits per heavy atom. The van der Waals surface area contributed by atoms with E-state index in [9.17, 15) is 0 Å². The summed E-state index contributed by atoms with van der Waals surface area (Å²) in [6, 6.07) is 15.8. The highest BCUT2D eigenvalue weighted by Crippen LogP contribution is 2.24. The summed E-state index contributed by atoms with van der Waals surface area (Å²) in [6.45, 7) is 8.00. The van der Waals surface area contributed by atoms with Crippen LogP contribution < -0.4 is 11.5 Å². The molecular weight excluding hydrogens is 220 g/mol. The predicted octanol–water partition coefficient (Wildman–Crippen LogP) is 4.57. The van der Waals surface area contributed by atoms with Crippen LogP contribution in [0.1, 0.15) is 27.7 Å². The van der Waals surface area contributed by atoms with Crippen molar-refractivity contribution in [3.05, 3.63) is 48.5 Å². The molecule has 0 heterocycles. The van der Waals surface area contributed by atoms with Crippen LogP contribution in [-0.2, 0) is 0 Å². The van der Waals surface area contributed by atoms with Gasteiger partial charge in [-0.25, -0.2) is 0 Å². The van der Waals surface area contributed by atoms with Crippen molar-refractivity contribution in [3.8, 4) is 11.1 Å². The largest absolute Gasteiger partial charge is 0.397 e. The molecule has 18 heavy (non-hydrogen) atoms. The van der Waals surface area contributed by atoms with E-state index < -0.39 is 0 Å². The Bertz CT molecular complexity index is 436. The molecule has 2 aromatic carbocycles. The number of nitrogen functional groups attached to an aromatic ring is 2. The maximum atomic E-state index is 5.73. The van der Waals surface area contributed by atoms with Gasteiger partial charge in [-0.2, -0.15) is 0 Å². The minimum absolute atomic E-state index is 0.629. The van der Waals surface area contributed by atoms with Crippen molar-refractivity contribution in [2.45, 2.75) is 27.7 Å². The van der Waals surface area contributed by atoms with Crippen molar-refractivity contribution in [2.75, 3.05) is 11.5 Å². The van der Waals surface area contributed by atoms with E-state index in [1.54, 1.807) is 0 Å². The van der Waals surface area contributed by atoms with Crippen LogP contribution in [0.4, 0.5) is 11.4 Å². The van der Waals surface area contributed by atoms with E-state index in [-0.39, 0.29) is 0 Å². The van der Waals surface area contributed by atoms with E-state index in [0.717, 1.165) is 11.1 Å². The smallest absolute Gasteiger partial charge is 0.0554 e. The molecule has 0 radical (unpaired) electrons. The molecule has 0 aromatic heterocycles. The van der Waals surface area contributed by atoms with Crippen molar-refractivity contribution in [1.82, 2.24) is 0 Å². The third-order valence-corrected chi connectivity index (χ3v) is 2.19. The second kappa shape index (κ2) is 9.11. The molecule has 0 aliphatic carbocycles. The van der Waals surface area contributed by atoms with Gasteiger partial charge in [0.25, 0.3) is 0 Å². The summed E-state index contributed by atoms with van der Waals surface area (Å²) in [7, 11) is 0. The topological polar surface area (TPSA) is 52.0 Å². The van der Waals surface area contributed by atoms with E-state index in [4.69, 9.17) is 11.5 Å². The van der Waals surface area contributed by atoms with E-state index in [2.05, 4.69) is 0 Å². The molecule has 2 heteroatoms. The zero-order valence-corrected chi connectivity index (χ0v) is 11.8. The Morgan fingerprint density at radius 3 is 1.67 bits per heavy atom. The average molecular weight is 244 g/mol. The normalized spacial score (nSPS) is 8.44. The third kappa shape index (κ3) is 4.50. The lowest BCUT2D eigenvalue weighted by Crippen LogP contribution is -1.94. The molecule has 0 amide bonds. The van der Waals surface area contributed by atoms with Crippen molar-refractivity contribution in [1.29, 1.82) is 0 Å². The van der Waals surface area contributed by atoms with Crippen LogP contribution in [0.5, 0.6) is 0 Å². The molecule has 0 spiro atoms. The van der Waals surface area contributed by atoms with Gasteiger partial charge in [-0.15, -0.1) is 0 Å². The third-order valence-electron chi connectivity index (χ3n) is 2.19. The van der Waals surface area contributed by atoms with Gasteiger partial charge in [0.1, 0.15) is 0 Å². The van der Waals surface area contributed by atoms with Crippen LogP contribution in [-0.4, -0.2) is 0 Å². The SMILES string of the molecule is CC.CC.Nc1ccc(-c2ccccc2)cc1N. The van der Waals surface area contributed by atoms with Crippen LogP contribution >= 0.6 is 0 Å². The minimum atomic E-state index is 0.629. The van der Waals surface area contributed by atoms with Crippen LogP contribution in [0.15, 0.2) is 48.5 Å². The summed E-state index contributed by atoms with van der Waals surface area (Å²) in [4.78, 5) is 0. The molecule has 2 nitrogen and oxygen atoms in total. The highest BCUT2D eigenvalue weighted by molar-refractivity contribution is 5.74. The van der Waals surface area contributed by atoms with Crippen molar-refractivity contribution in [2.24, 2.45) is 0 Å². The summed E-state index contributed by atoms with van der Waals surface area (Å²) in [6.07, 6.45) is 0. The molecule has 0 aliphatic heterocycles. The Labute approximate surface area is 111 Å². The van der Waals surface area contributed by atoms with E-state index >= 15 is 0 Å². The Balaban J connectivity index is 0.000000659. The summed E-state index contributed by atoms with van der Waals surface area (Å²) < 4.78 is 0. The van der Waals surface area contributed by atoms with E-state index in [0.29, 0.717) is 11.4 Å². The van der Waals surface area contributed by atoms with Gasteiger partial charge < -0.3 is 11.5 Å². The molecule has 0 aliphatic rings. The van der Waals surface area contributed by atoms with Gasteiger partial charge in [-0.3, -0.25) is 0 Å². The molecule has 0 atom stereocenters. The lowest BCUT2D eigenvalue weighted by molar-refractivity contribution is 1.50. The zero-order chi connectivity index (χ0) is 14.0. The first-order valence-electron chi connectivity index (χ1n) is 6.48.